The number of hydrogen-bond donors (Lipinski definition) is 2. The number of fused-ring (bicyclic) bond motifs is 1. The van der Waals surface area contributed by atoms with Crippen molar-refractivity contribution >= 4 is 61.8 Å². The third kappa shape index (κ3) is 4.10. The van der Waals surface area contributed by atoms with E-state index >= 15 is 0 Å². The van der Waals surface area contributed by atoms with Crippen LogP contribution in [0.25, 0.3) is 16.8 Å². The predicted molar refractivity (Wildman–Crippen MR) is 154 cm³/mol. The van der Waals surface area contributed by atoms with E-state index in [1.165, 1.54) is 29.1 Å². The molecule has 1 fully saturated rings. The number of nitrogens with one attached hydrogen (secondary N) is 1. The van der Waals surface area contributed by atoms with Crippen LogP contribution in [0.15, 0.2) is 64.6 Å². The normalized spacial score (nSPS) is 18.8. The highest BCUT2D eigenvalue weighted by Gasteiger charge is 2.46. The largest absolute Gasteiger partial charge is 0.355 e. The molecular weight excluding hydrogens is 554 g/mol. The van der Waals surface area contributed by atoms with E-state index in [4.69, 9.17) is 27.3 Å². The Balaban J connectivity index is 1.16. The van der Waals surface area contributed by atoms with Crippen LogP contribution >= 0.6 is 23.4 Å². The molecule has 1 saturated heterocycles. The molecule has 1 spiro atoms. The summed E-state index contributed by atoms with van der Waals surface area (Å²) in [6.45, 7) is 1.79. The number of sulfonamides is 1. The molecule has 12 heteroatoms. The topological polar surface area (TPSA) is 119 Å². The number of pyridine rings is 2. The molecule has 9 nitrogen and oxygen atoms in total. The molecule has 0 radical (unpaired) electrons. The average molecular weight is 580 g/mol. The van der Waals surface area contributed by atoms with Gasteiger partial charge in [0.1, 0.15) is 11.2 Å². The molecule has 39 heavy (non-hydrogen) atoms. The van der Waals surface area contributed by atoms with Crippen molar-refractivity contribution in [3.63, 3.8) is 0 Å². The third-order valence-corrected chi connectivity index (χ3v) is 10.2. The molecule has 2 aliphatic rings. The van der Waals surface area contributed by atoms with Gasteiger partial charge in [-0.25, -0.2) is 23.4 Å². The van der Waals surface area contributed by atoms with Gasteiger partial charge >= 0.3 is 0 Å². The summed E-state index contributed by atoms with van der Waals surface area (Å²) in [6.07, 6.45) is 7.55. The summed E-state index contributed by atoms with van der Waals surface area (Å²) < 4.78 is 27.8. The molecule has 1 aliphatic carbocycles. The van der Waals surface area contributed by atoms with E-state index in [1.807, 2.05) is 18.3 Å². The number of hydrogen-bond acceptors (Lipinski definition) is 8. The maximum absolute atomic E-state index is 11.7. The fourth-order valence-electron chi connectivity index (χ4n) is 6.12. The highest BCUT2D eigenvalue weighted by Crippen LogP contribution is 2.51. The number of anilines is 2. The molecule has 5 aromatic rings. The monoisotopic (exact) mass is 579 g/mol. The zero-order chi connectivity index (χ0) is 26.9. The number of aromatic nitrogens is 4. The number of halogens is 1. The Labute approximate surface area is 235 Å². The van der Waals surface area contributed by atoms with Crippen LogP contribution in [0, 0.1) is 5.41 Å². The minimum Gasteiger partial charge on any atom is -0.355 e. The smallest absolute Gasteiger partial charge is 0.231 e. The van der Waals surface area contributed by atoms with Crippen molar-refractivity contribution in [3.8, 4) is 0 Å². The first kappa shape index (κ1) is 24.9. The summed E-state index contributed by atoms with van der Waals surface area (Å²) >= 11 is 7.91. The summed E-state index contributed by atoms with van der Waals surface area (Å²) in [4.78, 5) is 17.7. The Morgan fingerprint density at radius 1 is 1.10 bits per heavy atom. The lowest BCUT2D eigenvalue weighted by Crippen LogP contribution is -2.44. The van der Waals surface area contributed by atoms with Gasteiger partial charge in [-0.1, -0.05) is 47.6 Å². The summed E-state index contributed by atoms with van der Waals surface area (Å²) in [6, 6.07) is 14.4. The van der Waals surface area contributed by atoms with Crippen LogP contribution < -0.4 is 15.4 Å². The van der Waals surface area contributed by atoms with Crippen LogP contribution in [0.1, 0.15) is 30.0 Å². The van der Waals surface area contributed by atoms with Gasteiger partial charge in [0, 0.05) is 30.2 Å². The fraction of sp³-hybridized carbons (Fsp3) is 0.296. The molecule has 1 atom stereocenters. The van der Waals surface area contributed by atoms with Gasteiger partial charge in [0.2, 0.25) is 10.0 Å². The quantitative estimate of drug-likeness (QED) is 0.307. The van der Waals surface area contributed by atoms with Crippen molar-refractivity contribution in [1.29, 1.82) is 0 Å². The number of rotatable bonds is 5. The number of benzene rings is 1. The molecule has 5 heterocycles. The summed E-state index contributed by atoms with van der Waals surface area (Å²) in [5.41, 5.74) is 12.2. The van der Waals surface area contributed by atoms with Crippen LogP contribution in [-0.2, 0) is 16.4 Å². The summed E-state index contributed by atoms with van der Waals surface area (Å²) in [7, 11) is -3.51. The molecule has 0 saturated carbocycles. The molecule has 1 aromatic carbocycles. The lowest BCUT2D eigenvalue weighted by Gasteiger charge is -2.42. The van der Waals surface area contributed by atoms with E-state index in [-0.39, 0.29) is 22.3 Å². The van der Waals surface area contributed by atoms with Crippen molar-refractivity contribution in [2.24, 2.45) is 11.1 Å². The zero-order valence-electron chi connectivity index (χ0n) is 21.1. The highest BCUT2D eigenvalue weighted by atomic mass is 35.5. The maximum atomic E-state index is 11.7. The molecule has 1 aliphatic heterocycles. The first-order valence-electron chi connectivity index (χ1n) is 12.7. The van der Waals surface area contributed by atoms with E-state index in [1.54, 1.807) is 6.07 Å². The Bertz CT molecular complexity index is 1830. The van der Waals surface area contributed by atoms with Crippen molar-refractivity contribution in [1.82, 2.24) is 19.4 Å². The van der Waals surface area contributed by atoms with Gasteiger partial charge in [-0.15, -0.1) is 0 Å². The van der Waals surface area contributed by atoms with Gasteiger partial charge in [0.15, 0.2) is 17.3 Å². The Hall–Kier alpha value is -3.12. The van der Waals surface area contributed by atoms with E-state index in [0.717, 1.165) is 66.1 Å². The van der Waals surface area contributed by atoms with Gasteiger partial charge in [-0.05, 0) is 54.0 Å². The van der Waals surface area contributed by atoms with Crippen molar-refractivity contribution in [3.05, 3.63) is 71.0 Å². The minimum atomic E-state index is -3.51. The fourth-order valence-corrected chi connectivity index (χ4v) is 7.88. The number of imidazole rings is 2. The second kappa shape index (κ2) is 8.95. The molecule has 7 rings (SSSR count). The standard InChI is InChI=1S/C27H26ClN7O2S2/c1-39(36,37)33-24-22(28)19(8-11-30-24)38-20-6-7-21-32-25(18-15-31-26(20)35(18)21)34-12-9-27(10-13-34)14-16-4-2-3-5-17(16)23(27)29/h2-8,11,15,23H,9-10,12-14,29H2,1H3,(H,30,33)/t23-/m1/s1. The zero-order valence-corrected chi connectivity index (χ0v) is 23.5. The minimum absolute atomic E-state index is 0.0768. The second-order valence-electron chi connectivity index (χ2n) is 10.4. The van der Waals surface area contributed by atoms with Crippen molar-refractivity contribution in [2.45, 2.75) is 35.1 Å². The third-order valence-electron chi connectivity index (χ3n) is 8.05. The van der Waals surface area contributed by atoms with Crippen LogP contribution in [0.3, 0.4) is 0 Å². The average Bonchev–Trinajstić information content (AvgIpc) is 3.58. The molecular formula is C27H26ClN7O2S2. The van der Waals surface area contributed by atoms with E-state index in [0.29, 0.717) is 4.90 Å². The van der Waals surface area contributed by atoms with Crippen LogP contribution in [0.5, 0.6) is 0 Å². The van der Waals surface area contributed by atoms with Crippen LogP contribution in [0.2, 0.25) is 5.02 Å². The Kier molecular flexibility index (Phi) is 5.71. The lowest BCUT2D eigenvalue weighted by atomic mass is 9.73. The summed E-state index contributed by atoms with van der Waals surface area (Å²) in [5, 5.41) is 0.239. The van der Waals surface area contributed by atoms with E-state index < -0.39 is 10.0 Å². The highest BCUT2D eigenvalue weighted by molar-refractivity contribution is 7.99. The second-order valence-corrected chi connectivity index (χ2v) is 13.7. The number of nitrogens with zero attached hydrogens (tertiary/aromatic N) is 5. The SMILES string of the molecule is CS(=O)(=O)Nc1nccc(Sc2ccc3nc(N4CCC5(CC4)Cc4ccccc4[C@H]5N)c4cnc2n34)c1Cl. The molecule has 200 valence electrons. The van der Waals surface area contributed by atoms with E-state index in [9.17, 15) is 8.42 Å². The number of piperidine rings is 1. The predicted octanol–water partition coefficient (Wildman–Crippen LogP) is 4.73. The van der Waals surface area contributed by atoms with Crippen LogP contribution in [-0.4, -0.2) is 47.1 Å². The van der Waals surface area contributed by atoms with E-state index in [2.05, 4.69) is 43.3 Å². The molecule has 3 N–H and O–H groups in total. The van der Waals surface area contributed by atoms with Crippen molar-refractivity contribution < 1.29 is 8.42 Å². The number of nitrogens with two attached hydrogens (primary N) is 1. The Morgan fingerprint density at radius 3 is 2.67 bits per heavy atom. The first-order valence-corrected chi connectivity index (χ1v) is 15.8. The molecule has 0 bridgehead atoms. The van der Waals surface area contributed by atoms with Crippen molar-refractivity contribution in [2.75, 3.05) is 29.0 Å². The first-order chi connectivity index (χ1) is 18.7. The van der Waals surface area contributed by atoms with Crippen LogP contribution in [0.4, 0.5) is 11.6 Å². The molecule has 0 unspecified atom stereocenters. The van der Waals surface area contributed by atoms with Gasteiger partial charge in [0.25, 0.3) is 0 Å². The maximum Gasteiger partial charge on any atom is 0.231 e. The Morgan fingerprint density at radius 2 is 1.90 bits per heavy atom. The van der Waals surface area contributed by atoms with Gasteiger partial charge in [-0.3, -0.25) is 9.12 Å². The molecule has 4 aromatic heterocycles. The van der Waals surface area contributed by atoms with Gasteiger partial charge < -0.3 is 10.6 Å². The molecule has 0 amide bonds. The summed E-state index contributed by atoms with van der Waals surface area (Å²) in [5.74, 6) is 1.05. The lowest BCUT2D eigenvalue weighted by molar-refractivity contribution is 0.187. The van der Waals surface area contributed by atoms with Gasteiger partial charge in [-0.2, -0.15) is 0 Å². The van der Waals surface area contributed by atoms with Gasteiger partial charge in [0.05, 0.1) is 22.4 Å².